The first-order valence-corrected chi connectivity index (χ1v) is 12.4. The van der Waals surface area contributed by atoms with E-state index in [0.717, 1.165) is 37.5 Å². The van der Waals surface area contributed by atoms with Gasteiger partial charge >= 0.3 is 0 Å². The first-order chi connectivity index (χ1) is 16.3. The summed E-state index contributed by atoms with van der Waals surface area (Å²) in [6.07, 6.45) is 2.38. The van der Waals surface area contributed by atoms with Crippen molar-refractivity contribution in [1.29, 1.82) is 0 Å². The molecular formula is C27H38F2N4O2. The second-order valence-corrected chi connectivity index (χ2v) is 10.9. The van der Waals surface area contributed by atoms with E-state index in [1.807, 2.05) is 46.2 Å². The van der Waals surface area contributed by atoms with Crippen molar-refractivity contribution in [1.82, 2.24) is 19.8 Å². The number of aromatic nitrogens is 2. The molecule has 0 saturated carbocycles. The smallest absolute Gasteiger partial charge is 0.272 e. The molecule has 2 heterocycles. The van der Waals surface area contributed by atoms with Crippen molar-refractivity contribution in [3.63, 3.8) is 0 Å². The average molecular weight is 489 g/mol. The molecule has 0 aliphatic carbocycles. The predicted molar refractivity (Wildman–Crippen MR) is 133 cm³/mol. The Morgan fingerprint density at radius 2 is 1.94 bits per heavy atom. The van der Waals surface area contributed by atoms with E-state index in [1.54, 1.807) is 0 Å². The van der Waals surface area contributed by atoms with E-state index in [4.69, 9.17) is 0 Å². The van der Waals surface area contributed by atoms with E-state index >= 15 is 0 Å². The maximum atomic E-state index is 14.7. The molecule has 1 N–H and O–H groups in total. The van der Waals surface area contributed by atoms with Crippen LogP contribution >= 0.6 is 0 Å². The van der Waals surface area contributed by atoms with Crippen molar-refractivity contribution in [2.45, 2.75) is 86.0 Å². The molecule has 6 nitrogen and oxygen atoms in total. The number of carbonyl (C=O) groups excluding carboxylic acids is 2. The van der Waals surface area contributed by atoms with Crippen LogP contribution in [0.3, 0.4) is 0 Å². The Bertz CT molecular complexity index is 1090. The summed E-state index contributed by atoms with van der Waals surface area (Å²) in [5.74, 6) is -1.63. The molecule has 35 heavy (non-hydrogen) atoms. The van der Waals surface area contributed by atoms with Gasteiger partial charge in [0.1, 0.15) is 17.5 Å². The molecule has 0 bridgehead atoms. The molecule has 192 valence electrons. The number of nitrogens with one attached hydrogen (secondary N) is 1. The minimum atomic E-state index is -0.703. The number of Topliss-reactive ketones (excluding diaryl/α,β-unsaturated/α-hetero) is 1. The molecule has 1 amide bonds. The maximum Gasteiger partial charge on any atom is 0.272 e. The molecule has 0 spiro atoms. The maximum absolute atomic E-state index is 14.7. The fourth-order valence-corrected chi connectivity index (χ4v) is 4.65. The van der Waals surface area contributed by atoms with Gasteiger partial charge in [0.25, 0.3) is 5.91 Å². The number of imidazole rings is 1. The zero-order valence-corrected chi connectivity index (χ0v) is 21.9. The van der Waals surface area contributed by atoms with Gasteiger partial charge in [0, 0.05) is 25.0 Å². The van der Waals surface area contributed by atoms with Crippen molar-refractivity contribution >= 4 is 11.7 Å². The Labute approximate surface area is 207 Å². The van der Waals surface area contributed by atoms with Crippen LogP contribution in [0.1, 0.15) is 77.0 Å². The first-order valence-electron chi connectivity index (χ1n) is 12.4. The summed E-state index contributed by atoms with van der Waals surface area (Å²) in [6, 6.07) is 2.77. The lowest BCUT2D eigenvalue weighted by Crippen LogP contribution is -2.51. The summed E-state index contributed by atoms with van der Waals surface area (Å²) in [6.45, 7) is 12.7. The standard InChI is InChI=1S/C27H38F2N4O2/c1-8-9-16(2)23(34)24(27(4,5)6)31-26(35)22-21-15-32(7)17(3)12-13-33(21)25(30-22)19-14-18(28)10-11-20(19)29/h10-11,14,16-17,24H,8-9,12-13,15H2,1-7H3,(H,31,35)/t16?,17?,24-/m1/s1. The number of halogens is 2. The van der Waals surface area contributed by atoms with Gasteiger partial charge in [0.2, 0.25) is 0 Å². The van der Waals surface area contributed by atoms with Crippen LogP contribution in [-0.2, 0) is 17.9 Å². The van der Waals surface area contributed by atoms with Crippen LogP contribution in [-0.4, -0.2) is 45.3 Å². The summed E-state index contributed by atoms with van der Waals surface area (Å²) in [4.78, 5) is 33.5. The molecular weight excluding hydrogens is 450 g/mol. The molecule has 1 aromatic heterocycles. The lowest BCUT2D eigenvalue weighted by Gasteiger charge is -2.32. The van der Waals surface area contributed by atoms with Crippen LogP contribution in [0.5, 0.6) is 0 Å². The number of amides is 1. The lowest BCUT2D eigenvalue weighted by molar-refractivity contribution is -0.126. The highest BCUT2D eigenvalue weighted by Gasteiger charge is 2.37. The van der Waals surface area contributed by atoms with E-state index in [1.165, 1.54) is 0 Å². The quantitative estimate of drug-likeness (QED) is 0.582. The topological polar surface area (TPSA) is 67.2 Å². The van der Waals surface area contributed by atoms with E-state index < -0.39 is 29.0 Å². The van der Waals surface area contributed by atoms with Crippen molar-refractivity contribution in [3.8, 4) is 11.4 Å². The average Bonchev–Trinajstić information content (AvgIpc) is 3.06. The van der Waals surface area contributed by atoms with Gasteiger partial charge in [-0.3, -0.25) is 14.5 Å². The van der Waals surface area contributed by atoms with Crippen LogP contribution in [0.2, 0.25) is 0 Å². The zero-order chi connectivity index (χ0) is 26.1. The van der Waals surface area contributed by atoms with Crippen molar-refractivity contribution in [2.24, 2.45) is 11.3 Å². The second-order valence-electron chi connectivity index (χ2n) is 10.9. The molecule has 1 aliphatic heterocycles. The van der Waals surface area contributed by atoms with Gasteiger partial charge in [0.05, 0.1) is 17.3 Å². The third-order valence-corrected chi connectivity index (χ3v) is 7.01. The Morgan fingerprint density at radius 1 is 1.26 bits per heavy atom. The fourth-order valence-electron chi connectivity index (χ4n) is 4.65. The molecule has 0 saturated heterocycles. The number of carbonyl (C=O) groups is 2. The number of ketones is 1. The van der Waals surface area contributed by atoms with Gasteiger partial charge in [-0.2, -0.15) is 0 Å². The van der Waals surface area contributed by atoms with Crippen molar-refractivity contribution in [2.75, 3.05) is 7.05 Å². The highest BCUT2D eigenvalue weighted by Crippen LogP contribution is 2.31. The van der Waals surface area contributed by atoms with Crippen LogP contribution < -0.4 is 5.32 Å². The molecule has 8 heteroatoms. The lowest BCUT2D eigenvalue weighted by atomic mass is 9.79. The monoisotopic (exact) mass is 488 g/mol. The van der Waals surface area contributed by atoms with Gasteiger partial charge in [0.15, 0.2) is 11.5 Å². The molecule has 3 rings (SSSR count). The Kier molecular flexibility index (Phi) is 8.14. The number of nitrogens with zero attached hydrogens (tertiary/aromatic N) is 3. The van der Waals surface area contributed by atoms with Gasteiger partial charge < -0.3 is 9.88 Å². The highest BCUT2D eigenvalue weighted by atomic mass is 19.1. The number of benzene rings is 1. The highest BCUT2D eigenvalue weighted by molar-refractivity contribution is 5.98. The van der Waals surface area contributed by atoms with E-state index in [0.29, 0.717) is 18.8 Å². The Hall–Kier alpha value is -2.61. The van der Waals surface area contributed by atoms with Gasteiger partial charge in [-0.05, 0) is 50.4 Å². The SMILES string of the molecule is CCCC(C)C(=O)[C@@H](NC(=O)c1nc(-c2cc(F)ccc2F)n2c1CN(C)C(C)CC2)C(C)(C)C. The third kappa shape index (κ3) is 5.80. The predicted octanol–water partition coefficient (Wildman–Crippen LogP) is 5.20. The summed E-state index contributed by atoms with van der Waals surface area (Å²) in [5.41, 5.74) is 0.292. The van der Waals surface area contributed by atoms with Crippen LogP contribution in [0.4, 0.5) is 8.78 Å². The third-order valence-electron chi connectivity index (χ3n) is 7.01. The molecule has 2 unspecified atom stereocenters. The summed E-state index contributed by atoms with van der Waals surface area (Å²) in [5, 5.41) is 2.95. The molecule has 0 fully saturated rings. The number of rotatable bonds is 7. The minimum Gasteiger partial charge on any atom is -0.340 e. The summed E-state index contributed by atoms with van der Waals surface area (Å²) < 4.78 is 30.6. The van der Waals surface area contributed by atoms with Crippen molar-refractivity contribution in [3.05, 3.63) is 41.2 Å². The van der Waals surface area contributed by atoms with E-state index in [2.05, 4.69) is 22.1 Å². The number of hydrogen-bond acceptors (Lipinski definition) is 4. The number of hydrogen-bond donors (Lipinski definition) is 1. The zero-order valence-electron chi connectivity index (χ0n) is 21.9. The van der Waals surface area contributed by atoms with E-state index in [9.17, 15) is 18.4 Å². The van der Waals surface area contributed by atoms with Crippen LogP contribution in [0.25, 0.3) is 11.4 Å². The number of fused-ring (bicyclic) bond motifs is 1. The molecule has 0 radical (unpaired) electrons. The Morgan fingerprint density at radius 3 is 2.57 bits per heavy atom. The normalized spacial score (nSPS) is 18.5. The van der Waals surface area contributed by atoms with E-state index in [-0.39, 0.29) is 34.8 Å². The molecule has 2 aromatic rings. The fraction of sp³-hybridized carbons (Fsp3) is 0.593. The largest absolute Gasteiger partial charge is 0.340 e. The molecule has 1 aliphatic rings. The first kappa shape index (κ1) is 27.0. The van der Waals surface area contributed by atoms with Gasteiger partial charge in [-0.25, -0.2) is 13.8 Å². The van der Waals surface area contributed by atoms with Gasteiger partial charge in [-0.15, -0.1) is 0 Å². The van der Waals surface area contributed by atoms with Gasteiger partial charge in [-0.1, -0.05) is 41.0 Å². The van der Waals surface area contributed by atoms with Crippen molar-refractivity contribution < 1.29 is 18.4 Å². The molecule has 3 atom stereocenters. The van der Waals surface area contributed by atoms with Crippen LogP contribution in [0, 0.1) is 23.0 Å². The second kappa shape index (κ2) is 10.6. The van der Waals surface area contributed by atoms with Crippen LogP contribution in [0.15, 0.2) is 18.2 Å². The molecule has 1 aromatic carbocycles. The summed E-state index contributed by atoms with van der Waals surface area (Å²) in [7, 11) is 1.96. The summed E-state index contributed by atoms with van der Waals surface area (Å²) >= 11 is 0. The Balaban J connectivity index is 2.08. The minimum absolute atomic E-state index is 0.0138.